The molecular formula is C16H15Cl2N3O2. The van der Waals surface area contributed by atoms with Gasteiger partial charge < -0.3 is 4.74 Å². The number of halogens is 2. The number of ether oxygens (including phenoxy) is 1. The first-order chi connectivity index (χ1) is 11.0. The number of esters is 1. The Labute approximate surface area is 143 Å². The molecule has 2 atom stereocenters. The number of methoxy groups -OCH3 is 1. The molecule has 0 saturated heterocycles. The summed E-state index contributed by atoms with van der Waals surface area (Å²) < 4.78 is 6.37. The maximum Gasteiger partial charge on any atom is 0.306 e. The molecule has 1 aliphatic heterocycles. The average Bonchev–Trinajstić information content (AvgIpc) is 2.95. The van der Waals surface area contributed by atoms with Crippen molar-refractivity contribution in [3.05, 3.63) is 35.5 Å². The Balaban J connectivity index is 2.01. The zero-order valence-corrected chi connectivity index (χ0v) is 14.2. The SMILES string of the molecule is COC(=O)CC1C(C)=Nc2c(-c3cccc(Cl)c3)cnn2C1Cl. The smallest absolute Gasteiger partial charge is 0.306 e. The van der Waals surface area contributed by atoms with Gasteiger partial charge in [0, 0.05) is 22.2 Å². The molecule has 23 heavy (non-hydrogen) atoms. The number of alkyl halides is 1. The van der Waals surface area contributed by atoms with Crippen molar-refractivity contribution in [2.24, 2.45) is 10.9 Å². The van der Waals surface area contributed by atoms with Gasteiger partial charge in [-0.3, -0.25) is 4.79 Å². The Morgan fingerprint density at radius 2 is 2.22 bits per heavy atom. The molecule has 1 aliphatic rings. The second-order valence-corrected chi connectivity index (χ2v) is 6.23. The Morgan fingerprint density at radius 3 is 2.91 bits per heavy atom. The third-order valence-electron chi connectivity index (χ3n) is 3.90. The van der Waals surface area contributed by atoms with E-state index in [-0.39, 0.29) is 18.3 Å². The van der Waals surface area contributed by atoms with Crippen LogP contribution >= 0.6 is 23.2 Å². The van der Waals surface area contributed by atoms with Crippen molar-refractivity contribution >= 4 is 40.7 Å². The van der Waals surface area contributed by atoms with E-state index < -0.39 is 5.50 Å². The third kappa shape index (κ3) is 2.99. The van der Waals surface area contributed by atoms with Crippen LogP contribution in [0.5, 0.6) is 0 Å². The lowest BCUT2D eigenvalue weighted by Crippen LogP contribution is -2.28. The van der Waals surface area contributed by atoms with Crippen LogP contribution in [0.3, 0.4) is 0 Å². The first-order valence-corrected chi connectivity index (χ1v) is 7.92. The highest BCUT2D eigenvalue weighted by Gasteiger charge is 2.33. The Morgan fingerprint density at radius 1 is 1.43 bits per heavy atom. The van der Waals surface area contributed by atoms with Crippen LogP contribution < -0.4 is 0 Å². The van der Waals surface area contributed by atoms with E-state index in [4.69, 9.17) is 27.9 Å². The van der Waals surface area contributed by atoms with Gasteiger partial charge in [-0.05, 0) is 24.6 Å². The molecule has 0 amide bonds. The van der Waals surface area contributed by atoms with Gasteiger partial charge in [0.2, 0.25) is 0 Å². The van der Waals surface area contributed by atoms with E-state index in [0.717, 1.165) is 16.8 Å². The van der Waals surface area contributed by atoms with Crippen molar-refractivity contribution in [3.8, 4) is 11.1 Å². The molecule has 0 fully saturated rings. The van der Waals surface area contributed by atoms with Crippen LogP contribution in [0.1, 0.15) is 18.8 Å². The van der Waals surface area contributed by atoms with Crippen molar-refractivity contribution in [1.29, 1.82) is 0 Å². The molecule has 0 spiro atoms. The van der Waals surface area contributed by atoms with Crippen LogP contribution in [0, 0.1) is 5.92 Å². The minimum Gasteiger partial charge on any atom is -0.469 e. The lowest BCUT2D eigenvalue weighted by Gasteiger charge is -2.26. The van der Waals surface area contributed by atoms with E-state index in [2.05, 4.69) is 10.1 Å². The number of hydrogen-bond acceptors (Lipinski definition) is 4. The summed E-state index contributed by atoms with van der Waals surface area (Å²) in [5.41, 5.74) is 2.07. The molecule has 0 saturated carbocycles. The summed E-state index contributed by atoms with van der Waals surface area (Å²) in [6.45, 7) is 1.86. The maximum absolute atomic E-state index is 11.6. The maximum atomic E-state index is 11.6. The monoisotopic (exact) mass is 351 g/mol. The van der Waals surface area contributed by atoms with Crippen molar-refractivity contribution in [1.82, 2.24) is 9.78 Å². The lowest BCUT2D eigenvalue weighted by molar-refractivity contribution is -0.141. The molecule has 3 rings (SSSR count). The largest absolute Gasteiger partial charge is 0.469 e. The number of carbonyl (C=O) groups excluding carboxylic acids is 1. The number of aromatic nitrogens is 2. The zero-order chi connectivity index (χ0) is 16.6. The predicted molar refractivity (Wildman–Crippen MR) is 90.5 cm³/mol. The lowest BCUT2D eigenvalue weighted by atomic mass is 9.98. The van der Waals surface area contributed by atoms with Crippen LogP contribution in [0.25, 0.3) is 11.1 Å². The van der Waals surface area contributed by atoms with E-state index in [0.29, 0.717) is 10.8 Å². The standard InChI is InChI=1S/C16H15Cl2N3O2/c1-9-12(7-14(22)23-2)15(18)21-16(20-9)13(8-19-21)10-4-3-5-11(17)6-10/h3-6,8,12,15H,7H2,1-2H3. The highest BCUT2D eigenvalue weighted by atomic mass is 35.5. The molecule has 1 aromatic carbocycles. The molecule has 2 unspecified atom stereocenters. The molecule has 5 nitrogen and oxygen atoms in total. The minimum atomic E-state index is -0.491. The van der Waals surface area contributed by atoms with Gasteiger partial charge in [-0.15, -0.1) is 0 Å². The van der Waals surface area contributed by atoms with Gasteiger partial charge in [-0.1, -0.05) is 35.3 Å². The highest BCUT2D eigenvalue weighted by Crippen LogP contribution is 2.41. The second kappa shape index (κ2) is 6.34. The number of hydrogen-bond donors (Lipinski definition) is 0. The van der Waals surface area contributed by atoms with Crippen molar-refractivity contribution in [2.45, 2.75) is 18.8 Å². The summed E-state index contributed by atoms with van der Waals surface area (Å²) in [7, 11) is 1.36. The van der Waals surface area contributed by atoms with Crippen LogP contribution in [0.15, 0.2) is 35.5 Å². The predicted octanol–water partition coefficient (Wildman–Crippen LogP) is 4.23. The fourth-order valence-corrected chi connectivity index (χ4v) is 3.24. The Kier molecular flexibility index (Phi) is 4.41. The molecule has 7 heteroatoms. The number of nitrogens with zero attached hydrogens (tertiary/aromatic N) is 3. The molecule has 2 heterocycles. The van der Waals surface area contributed by atoms with Crippen LogP contribution in [0.2, 0.25) is 5.02 Å². The number of fused-ring (bicyclic) bond motifs is 1. The molecule has 0 N–H and O–H groups in total. The summed E-state index contributed by atoms with van der Waals surface area (Å²) in [5, 5.41) is 4.99. The van der Waals surface area contributed by atoms with Gasteiger partial charge in [-0.2, -0.15) is 5.10 Å². The van der Waals surface area contributed by atoms with Crippen LogP contribution in [0.4, 0.5) is 5.82 Å². The van der Waals surface area contributed by atoms with Gasteiger partial charge >= 0.3 is 5.97 Å². The molecule has 2 aromatic rings. The van der Waals surface area contributed by atoms with Crippen LogP contribution in [-0.4, -0.2) is 28.6 Å². The minimum absolute atomic E-state index is 0.172. The fraction of sp³-hybridized carbons (Fsp3) is 0.312. The van der Waals surface area contributed by atoms with Crippen molar-refractivity contribution in [2.75, 3.05) is 7.11 Å². The first kappa shape index (κ1) is 16.0. The van der Waals surface area contributed by atoms with Gasteiger partial charge in [0.1, 0.15) is 5.50 Å². The summed E-state index contributed by atoms with van der Waals surface area (Å²) in [6, 6.07) is 7.48. The summed E-state index contributed by atoms with van der Waals surface area (Å²) in [6.07, 6.45) is 1.89. The molecule has 120 valence electrons. The van der Waals surface area contributed by atoms with Crippen LogP contribution in [-0.2, 0) is 9.53 Å². The van der Waals surface area contributed by atoms with Gasteiger partial charge in [0.15, 0.2) is 5.82 Å². The second-order valence-electron chi connectivity index (χ2n) is 5.35. The first-order valence-electron chi connectivity index (χ1n) is 7.10. The Bertz CT molecular complexity index is 785. The number of aliphatic imine (C=N–C) groups is 1. The van der Waals surface area contributed by atoms with Gasteiger partial charge in [0.05, 0.1) is 19.7 Å². The van der Waals surface area contributed by atoms with E-state index in [1.54, 1.807) is 10.9 Å². The Hall–Kier alpha value is -1.85. The number of carbonyl (C=O) groups is 1. The molecule has 0 radical (unpaired) electrons. The average molecular weight is 352 g/mol. The topological polar surface area (TPSA) is 56.5 Å². The van der Waals surface area contributed by atoms with Gasteiger partial charge in [0.25, 0.3) is 0 Å². The molecule has 0 bridgehead atoms. The highest BCUT2D eigenvalue weighted by molar-refractivity contribution is 6.30. The van der Waals surface area contributed by atoms with Gasteiger partial charge in [-0.25, -0.2) is 9.67 Å². The van der Waals surface area contributed by atoms with Crippen molar-refractivity contribution in [3.63, 3.8) is 0 Å². The van der Waals surface area contributed by atoms with E-state index >= 15 is 0 Å². The molecule has 1 aromatic heterocycles. The third-order valence-corrected chi connectivity index (χ3v) is 4.63. The van der Waals surface area contributed by atoms with E-state index in [1.165, 1.54) is 7.11 Å². The quantitative estimate of drug-likeness (QED) is 0.614. The van der Waals surface area contributed by atoms with E-state index in [9.17, 15) is 4.79 Å². The zero-order valence-electron chi connectivity index (χ0n) is 12.7. The molecule has 0 aliphatic carbocycles. The van der Waals surface area contributed by atoms with Crippen molar-refractivity contribution < 1.29 is 9.53 Å². The molecular weight excluding hydrogens is 337 g/mol. The summed E-state index contributed by atoms with van der Waals surface area (Å²) in [4.78, 5) is 16.2. The number of benzene rings is 1. The van der Waals surface area contributed by atoms with E-state index in [1.807, 2.05) is 31.2 Å². The summed E-state index contributed by atoms with van der Waals surface area (Å²) >= 11 is 12.6. The fourth-order valence-electron chi connectivity index (χ4n) is 2.63. The number of rotatable bonds is 3. The summed E-state index contributed by atoms with van der Waals surface area (Å²) in [5.74, 6) is 0.107. The normalized spacial score (nSPS) is 19.9.